The summed E-state index contributed by atoms with van der Waals surface area (Å²) in [5.74, 6) is 0. The summed E-state index contributed by atoms with van der Waals surface area (Å²) in [6.07, 6.45) is 5.97. The fourth-order valence-corrected chi connectivity index (χ4v) is 3.13. The summed E-state index contributed by atoms with van der Waals surface area (Å²) in [5, 5.41) is 6.83. The molecule has 18 heavy (non-hydrogen) atoms. The van der Waals surface area contributed by atoms with E-state index in [2.05, 4.69) is 25.5 Å². The Labute approximate surface area is 113 Å². The molecule has 4 nitrogen and oxygen atoms in total. The summed E-state index contributed by atoms with van der Waals surface area (Å²) in [4.78, 5) is 9.37. The zero-order valence-corrected chi connectivity index (χ0v) is 11.7. The Bertz CT molecular complexity index is 342. The van der Waals surface area contributed by atoms with Crippen molar-refractivity contribution < 1.29 is 0 Å². The lowest BCUT2D eigenvalue weighted by atomic mass is 10.3. The molecule has 2 fully saturated rings. The molecule has 0 unspecified atom stereocenters. The molecular formula is C13H22N4S. The van der Waals surface area contributed by atoms with Gasteiger partial charge in [0.05, 0.1) is 0 Å². The fourth-order valence-electron chi connectivity index (χ4n) is 2.43. The molecule has 100 valence electrons. The monoisotopic (exact) mass is 266 g/mol. The van der Waals surface area contributed by atoms with Gasteiger partial charge in [-0.05, 0) is 32.4 Å². The van der Waals surface area contributed by atoms with E-state index in [0.717, 1.165) is 19.1 Å². The number of nitrogens with zero attached hydrogens (tertiary/aromatic N) is 3. The number of hydrogen-bond acceptors (Lipinski definition) is 5. The van der Waals surface area contributed by atoms with Crippen molar-refractivity contribution in [3.8, 4) is 0 Å². The van der Waals surface area contributed by atoms with Gasteiger partial charge in [-0.15, -0.1) is 11.3 Å². The quantitative estimate of drug-likeness (QED) is 0.789. The normalized spacial score (nSPS) is 21.4. The maximum Gasteiger partial charge on any atom is 0.185 e. The molecule has 1 aromatic rings. The molecule has 2 heterocycles. The minimum Gasteiger partial charge on any atom is -0.346 e. The van der Waals surface area contributed by atoms with E-state index in [1.54, 1.807) is 11.3 Å². The van der Waals surface area contributed by atoms with Gasteiger partial charge in [0, 0.05) is 43.8 Å². The van der Waals surface area contributed by atoms with Gasteiger partial charge in [0.2, 0.25) is 0 Å². The van der Waals surface area contributed by atoms with Crippen LogP contribution in [0.4, 0.5) is 5.13 Å². The minimum absolute atomic E-state index is 0.853. The van der Waals surface area contributed by atoms with E-state index in [0.29, 0.717) is 0 Å². The van der Waals surface area contributed by atoms with Crippen molar-refractivity contribution in [2.75, 3.05) is 44.2 Å². The Hall–Kier alpha value is -0.650. The van der Waals surface area contributed by atoms with E-state index in [1.807, 2.05) is 6.20 Å². The number of hydrogen-bond donors (Lipinski definition) is 1. The van der Waals surface area contributed by atoms with Crippen LogP contribution in [-0.2, 0) is 0 Å². The van der Waals surface area contributed by atoms with Crippen molar-refractivity contribution in [2.24, 2.45) is 0 Å². The Morgan fingerprint density at radius 3 is 2.78 bits per heavy atom. The Morgan fingerprint density at radius 2 is 2.11 bits per heavy atom. The number of anilines is 1. The predicted octanol–water partition coefficient (Wildman–Crippen LogP) is 1.41. The fraction of sp³-hybridized carbons (Fsp3) is 0.769. The van der Waals surface area contributed by atoms with E-state index in [9.17, 15) is 0 Å². The van der Waals surface area contributed by atoms with Gasteiger partial charge in [0.25, 0.3) is 0 Å². The third kappa shape index (κ3) is 3.43. The first kappa shape index (κ1) is 12.4. The highest BCUT2D eigenvalue weighted by atomic mass is 32.1. The van der Waals surface area contributed by atoms with E-state index in [4.69, 9.17) is 0 Å². The van der Waals surface area contributed by atoms with Gasteiger partial charge in [-0.2, -0.15) is 0 Å². The van der Waals surface area contributed by atoms with Gasteiger partial charge in [-0.25, -0.2) is 4.98 Å². The van der Waals surface area contributed by atoms with E-state index in [-0.39, 0.29) is 0 Å². The lowest BCUT2D eigenvalue weighted by molar-refractivity contribution is 0.254. The summed E-state index contributed by atoms with van der Waals surface area (Å²) in [6, 6.07) is 0.853. The summed E-state index contributed by atoms with van der Waals surface area (Å²) in [5.41, 5.74) is 0. The van der Waals surface area contributed by atoms with Crippen molar-refractivity contribution in [2.45, 2.75) is 25.3 Å². The number of rotatable bonds is 6. The first-order valence-electron chi connectivity index (χ1n) is 7.02. The van der Waals surface area contributed by atoms with Crippen LogP contribution in [0.3, 0.4) is 0 Å². The molecule has 0 spiro atoms. The molecule has 0 amide bonds. The molecule has 0 atom stereocenters. The van der Waals surface area contributed by atoms with Gasteiger partial charge >= 0.3 is 0 Å². The molecule has 0 bridgehead atoms. The van der Waals surface area contributed by atoms with Crippen LogP contribution >= 0.6 is 11.3 Å². The van der Waals surface area contributed by atoms with Gasteiger partial charge < -0.3 is 10.2 Å². The number of nitrogens with one attached hydrogen (secondary N) is 1. The maximum absolute atomic E-state index is 4.38. The molecular weight excluding hydrogens is 244 g/mol. The van der Waals surface area contributed by atoms with E-state index >= 15 is 0 Å². The molecule has 0 aromatic carbocycles. The first-order chi connectivity index (χ1) is 8.92. The molecule has 3 rings (SSSR count). The van der Waals surface area contributed by atoms with Crippen LogP contribution in [0.25, 0.3) is 0 Å². The first-order valence-corrected chi connectivity index (χ1v) is 7.90. The van der Waals surface area contributed by atoms with Crippen LogP contribution in [-0.4, -0.2) is 55.2 Å². The molecule has 1 aliphatic carbocycles. The smallest absolute Gasteiger partial charge is 0.185 e. The summed E-state index contributed by atoms with van der Waals surface area (Å²) < 4.78 is 0. The maximum atomic E-state index is 4.38. The highest BCUT2D eigenvalue weighted by Gasteiger charge is 2.20. The number of piperazine rings is 1. The molecule has 1 aliphatic heterocycles. The molecule has 0 radical (unpaired) electrons. The number of aromatic nitrogens is 1. The second kappa shape index (κ2) is 5.99. The second-order valence-electron chi connectivity index (χ2n) is 5.23. The Kier molecular flexibility index (Phi) is 4.13. The summed E-state index contributed by atoms with van der Waals surface area (Å²) >= 11 is 1.75. The third-order valence-corrected chi connectivity index (χ3v) is 4.56. The predicted molar refractivity (Wildman–Crippen MR) is 76.4 cm³/mol. The topological polar surface area (TPSA) is 31.4 Å². The second-order valence-corrected chi connectivity index (χ2v) is 6.10. The van der Waals surface area contributed by atoms with Crippen molar-refractivity contribution in [3.63, 3.8) is 0 Å². The van der Waals surface area contributed by atoms with Crippen LogP contribution in [0.1, 0.15) is 19.3 Å². The summed E-state index contributed by atoms with van der Waals surface area (Å²) in [7, 11) is 0. The lowest BCUT2D eigenvalue weighted by Gasteiger charge is -2.34. The average Bonchev–Trinajstić information content (AvgIpc) is 3.07. The van der Waals surface area contributed by atoms with Crippen LogP contribution in [0.5, 0.6) is 0 Å². The molecule has 5 heteroatoms. The standard InChI is InChI=1S/C13H22N4S/c1(4-14-12-2-3-12)6-16-7-9-17(10-8-16)13-15-5-11-18-13/h5,11-12,14H,1-4,6-10H2. The SMILES string of the molecule is c1csc(N2CCN(CCCNC3CC3)CC2)n1. The van der Waals surface area contributed by atoms with Gasteiger partial charge in [0.1, 0.15) is 0 Å². The van der Waals surface area contributed by atoms with Crippen molar-refractivity contribution in [1.29, 1.82) is 0 Å². The highest BCUT2D eigenvalue weighted by molar-refractivity contribution is 7.13. The molecule has 1 saturated carbocycles. The van der Waals surface area contributed by atoms with Crippen molar-refractivity contribution in [1.82, 2.24) is 15.2 Å². The molecule has 1 saturated heterocycles. The van der Waals surface area contributed by atoms with Crippen LogP contribution in [0.2, 0.25) is 0 Å². The Morgan fingerprint density at radius 1 is 1.28 bits per heavy atom. The highest BCUT2D eigenvalue weighted by Crippen LogP contribution is 2.19. The largest absolute Gasteiger partial charge is 0.346 e. The summed E-state index contributed by atoms with van der Waals surface area (Å²) in [6.45, 7) is 7.06. The van der Waals surface area contributed by atoms with Gasteiger partial charge in [-0.1, -0.05) is 0 Å². The lowest BCUT2D eigenvalue weighted by Crippen LogP contribution is -2.47. The van der Waals surface area contributed by atoms with E-state index in [1.165, 1.54) is 50.6 Å². The van der Waals surface area contributed by atoms with Gasteiger partial charge in [-0.3, -0.25) is 4.90 Å². The molecule has 1 aromatic heterocycles. The number of thiazole rings is 1. The van der Waals surface area contributed by atoms with Crippen LogP contribution in [0.15, 0.2) is 11.6 Å². The Balaban J connectivity index is 1.32. The minimum atomic E-state index is 0.853. The zero-order valence-electron chi connectivity index (χ0n) is 10.8. The van der Waals surface area contributed by atoms with Gasteiger partial charge in [0.15, 0.2) is 5.13 Å². The van der Waals surface area contributed by atoms with Crippen molar-refractivity contribution in [3.05, 3.63) is 11.6 Å². The van der Waals surface area contributed by atoms with Crippen LogP contribution < -0.4 is 10.2 Å². The third-order valence-electron chi connectivity index (χ3n) is 3.72. The van der Waals surface area contributed by atoms with Crippen LogP contribution in [0, 0.1) is 0 Å². The zero-order chi connectivity index (χ0) is 12.2. The average molecular weight is 266 g/mol. The molecule has 1 N–H and O–H groups in total. The molecule has 2 aliphatic rings. The van der Waals surface area contributed by atoms with E-state index < -0.39 is 0 Å². The van der Waals surface area contributed by atoms with Crippen molar-refractivity contribution >= 4 is 16.5 Å².